The van der Waals surface area contributed by atoms with Crippen LogP contribution in [0.5, 0.6) is 0 Å². The summed E-state index contributed by atoms with van der Waals surface area (Å²) in [5.41, 5.74) is 7.45. The summed E-state index contributed by atoms with van der Waals surface area (Å²) in [5, 5.41) is 20.5. The second kappa shape index (κ2) is 12.1. The topological polar surface area (TPSA) is 0 Å². The highest BCUT2D eigenvalue weighted by Gasteiger charge is 2.14. The van der Waals surface area contributed by atoms with Crippen molar-refractivity contribution in [2.24, 2.45) is 0 Å². The van der Waals surface area contributed by atoms with E-state index in [0.29, 0.717) is 0 Å². The fourth-order valence-electron chi connectivity index (χ4n) is 9.42. The molecule has 0 heterocycles. The summed E-state index contributed by atoms with van der Waals surface area (Å²) in [4.78, 5) is 0. The quantitative estimate of drug-likeness (QED) is 0.160. The molecule has 0 aliphatic rings. The molecular weight excluding hydrogens is 673 g/mol. The van der Waals surface area contributed by atoms with Gasteiger partial charge in [0.1, 0.15) is 0 Å². The van der Waals surface area contributed by atoms with Crippen molar-refractivity contribution in [3.8, 4) is 33.4 Å². The van der Waals surface area contributed by atoms with Crippen molar-refractivity contribution < 1.29 is 0 Å². The zero-order chi connectivity index (χ0) is 36.7. The Morgan fingerprint density at radius 3 is 0.946 bits per heavy atom. The zero-order valence-corrected chi connectivity index (χ0v) is 30.6. The molecule has 12 aromatic rings. The van der Waals surface area contributed by atoms with Gasteiger partial charge in [-0.3, -0.25) is 0 Å². The van der Waals surface area contributed by atoms with Gasteiger partial charge in [0.25, 0.3) is 0 Å². The molecule has 0 bridgehead atoms. The summed E-state index contributed by atoms with van der Waals surface area (Å²) in [7, 11) is 0. The summed E-state index contributed by atoms with van der Waals surface area (Å²) in [5.74, 6) is 0. The highest BCUT2D eigenvalue weighted by molar-refractivity contribution is 6.24. The van der Waals surface area contributed by atoms with Crippen LogP contribution in [0.2, 0.25) is 0 Å². The van der Waals surface area contributed by atoms with E-state index >= 15 is 0 Å². The van der Waals surface area contributed by atoms with Crippen molar-refractivity contribution in [1.82, 2.24) is 0 Å². The predicted octanol–water partition coefficient (Wildman–Crippen LogP) is 15.9. The van der Waals surface area contributed by atoms with Crippen LogP contribution in [0.4, 0.5) is 0 Å². The first-order valence-electron chi connectivity index (χ1n) is 19.5. The molecule has 0 aliphatic carbocycles. The lowest BCUT2D eigenvalue weighted by atomic mass is 9.89. The molecule has 0 aromatic heterocycles. The van der Waals surface area contributed by atoms with Crippen molar-refractivity contribution in [1.29, 1.82) is 0 Å². The van der Waals surface area contributed by atoms with Crippen molar-refractivity contribution in [2.75, 3.05) is 0 Å². The van der Waals surface area contributed by atoms with Gasteiger partial charge in [0, 0.05) is 0 Å². The number of rotatable bonds is 3. The Labute approximate surface area is 324 Å². The van der Waals surface area contributed by atoms with E-state index in [9.17, 15) is 0 Å². The van der Waals surface area contributed by atoms with Crippen LogP contribution in [0.3, 0.4) is 0 Å². The molecule has 0 saturated heterocycles. The van der Waals surface area contributed by atoms with Gasteiger partial charge in [-0.05, 0) is 156 Å². The third-order valence-corrected chi connectivity index (χ3v) is 12.1. The molecule has 0 saturated carbocycles. The van der Waals surface area contributed by atoms with E-state index in [1.165, 1.54) is 120 Å². The largest absolute Gasteiger partial charge is 0.0616 e. The van der Waals surface area contributed by atoms with E-state index in [1.807, 2.05) is 0 Å². The fourth-order valence-corrected chi connectivity index (χ4v) is 9.42. The molecule has 56 heavy (non-hydrogen) atoms. The highest BCUT2D eigenvalue weighted by Crippen LogP contribution is 2.41. The maximum atomic E-state index is 2.39. The zero-order valence-electron chi connectivity index (χ0n) is 30.6. The Morgan fingerprint density at radius 1 is 0.179 bits per heavy atom. The van der Waals surface area contributed by atoms with E-state index in [-0.39, 0.29) is 0 Å². The number of benzene rings is 12. The molecule has 0 amide bonds. The summed E-state index contributed by atoms with van der Waals surface area (Å²) >= 11 is 0. The molecule has 0 nitrogen and oxygen atoms in total. The van der Waals surface area contributed by atoms with Crippen molar-refractivity contribution in [2.45, 2.75) is 0 Å². The van der Waals surface area contributed by atoms with Crippen LogP contribution in [-0.2, 0) is 0 Å². The van der Waals surface area contributed by atoms with Gasteiger partial charge in [-0.2, -0.15) is 0 Å². The Balaban J connectivity index is 0.975. The van der Waals surface area contributed by atoms with E-state index in [4.69, 9.17) is 0 Å². The highest BCUT2D eigenvalue weighted by atomic mass is 14.2. The molecule has 0 fully saturated rings. The van der Waals surface area contributed by atoms with Gasteiger partial charge in [0.15, 0.2) is 0 Å². The van der Waals surface area contributed by atoms with Gasteiger partial charge in [0.05, 0.1) is 0 Å². The summed E-state index contributed by atoms with van der Waals surface area (Å²) in [6.07, 6.45) is 0. The normalized spacial score (nSPS) is 11.9. The summed E-state index contributed by atoms with van der Waals surface area (Å²) < 4.78 is 0. The smallest absolute Gasteiger partial charge is 0.00264 e. The van der Waals surface area contributed by atoms with Crippen LogP contribution in [-0.4, -0.2) is 0 Å². The standard InChI is InChI=1S/C56H34/c1-3-11-47-37(9-1)21-27-43-33-53(49-13-5-7-15-51(49)55(43)47)41-25-19-35-17-23-39(29-45(35)31-41)40-24-18-36-20-26-42(32-46(36)30-40)54-34-44-28-22-38-10-2-4-12-48(38)56(44)52-16-8-6-14-50(52)54/h1-34H. The predicted molar refractivity (Wildman–Crippen MR) is 243 cm³/mol. The number of hydrogen-bond donors (Lipinski definition) is 0. The van der Waals surface area contributed by atoms with Crippen molar-refractivity contribution in [3.63, 3.8) is 0 Å². The Morgan fingerprint density at radius 2 is 0.500 bits per heavy atom. The second-order valence-corrected chi connectivity index (χ2v) is 15.3. The molecule has 258 valence electrons. The van der Waals surface area contributed by atoms with Crippen molar-refractivity contribution in [3.05, 3.63) is 206 Å². The molecule has 0 heteroatoms. The molecule has 0 radical (unpaired) electrons. The lowest BCUT2D eigenvalue weighted by Crippen LogP contribution is -1.87. The summed E-state index contributed by atoms with van der Waals surface area (Å²) in [6.45, 7) is 0. The number of hydrogen-bond acceptors (Lipinski definition) is 0. The van der Waals surface area contributed by atoms with Crippen LogP contribution in [0.15, 0.2) is 206 Å². The SMILES string of the molecule is c1ccc2c(c1)ccc1cc(-c3ccc4ccc(-c5ccc6ccc(-c7cc8ccc9ccccc9c8c8ccccc78)cc6c5)cc4c3)c3ccccc3c12. The van der Waals surface area contributed by atoms with Gasteiger partial charge in [-0.15, -0.1) is 0 Å². The van der Waals surface area contributed by atoms with Gasteiger partial charge in [-0.1, -0.05) is 170 Å². The van der Waals surface area contributed by atoms with Crippen LogP contribution < -0.4 is 0 Å². The average molecular weight is 707 g/mol. The fraction of sp³-hybridized carbons (Fsp3) is 0. The third kappa shape index (κ3) is 4.79. The van der Waals surface area contributed by atoms with E-state index in [2.05, 4.69) is 206 Å². The first kappa shape index (κ1) is 31.1. The molecule has 12 rings (SSSR count). The van der Waals surface area contributed by atoms with E-state index < -0.39 is 0 Å². The minimum atomic E-state index is 1.22. The summed E-state index contributed by atoms with van der Waals surface area (Å²) in [6, 6.07) is 76.7. The van der Waals surface area contributed by atoms with Gasteiger partial charge in [0.2, 0.25) is 0 Å². The third-order valence-electron chi connectivity index (χ3n) is 12.1. The minimum Gasteiger partial charge on any atom is -0.0616 e. The first-order chi connectivity index (χ1) is 27.7. The van der Waals surface area contributed by atoms with Crippen LogP contribution in [0.25, 0.3) is 120 Å². The van der Waals surface area contributed by atoms with Crippen LogP contribution >= 0.6 is 0 Å². The molecular formula is C56H34. The molecule has 0 unspecified atom stereocenters. The lowest BCUT2D eigenvalue weighted by Gasteiger charge is -2.14. The van der Waals surface area contributed by atoms with Crippen LogP contribution in [0.1, 0.15) is 0 Å². The van der Waals surface area contributed by atoms with Crippen molar-refractivity contribution >= 4 is 86.2 Å². The molecule has 0 spiro atoms. The van der Waals surface area contributed by atoms with Crippen LogP contribution in [0, 0.1) is 0 Å². The maximum absolute atomic E-state index is 2.39. The first-order valence-corrected chi connectivity index (χ1v) is 19.5. The minimum absolute atomic E-state index is 1.22. The second-order valence-electron chi connectivity index (χ2n) is 15.3. The lowest BCUT2D eigenvalue weighted by molar-refractivity contribution is 1.66. The Hall–Kier alpha value is -7.28. The maximum Gasteiger partial charge on any atom is -0.00264 e. The van der Waals surface area contributed by atoms with E-state index in [0.717, 1.165) is 0 Å². The molecule has 0 aliphatic heterocycles. The molecule has 0 atom stereocenters. The Kier molecular flexibility index (Phi) is 6.73. The molecule has 12 aromatic carbocycles. The van der Waals surface area contributed by atoms with E-state index in [1.54, 1.807) is 0 Å². The monoisotopic (exact) mass is 706 g/mol. The number of fused-ring (bicyclic) bond motifs is 12. The average Bonchev–Trinajstić information content (AvgIpc) is 3.27. The Bertz CT molecular complexity index is 3350. The van der Waals surface area contributed by atoms with Gasteiger partial charge in [-0.25, -0.2) is 0 Å². The molecule has 0 N–H and O–H groups in total. The van der Waals surface area contributed by atoms with Gasteiger partial charge >= 0.3 is 0 Å². The van der Waals surface area contributed by atoms with Gasteiger partial charge < -0.3 is 0 Å².